The van der Waals surface area contributed by atoms with E-state index >= 15 is 15.0 Å². The van der Waals surface area contributed by atoms with E-state index in [9.17, 15) is 25.2 Å². The average molecular weight is 1210 g/mol. The van der Waals surface area contributed by atoms with Crippen molar-refractivity contribution in [1.29, 1.82) is 0 Å². The molecule has 1 aliphatic heterocycles. The molecule has 10 heteroatoms. The first-order valence-electron chi connectivity index (χ1n) is 36.0. The lowest BCUT2D eigenvalue weighted by molar-refractivity contribution is -0.385. The monoisotopic (exact) mass is 1210 g/mol. The molecule has 4 spiro atoms. The number of ether oxygens (including phenoxy) is 1. The maximum absolute atomic E-state index is 15.7. The van der Waals surface area contributed by atoms with Crippen molar-refractivity contribution in [3.8, 4) is 11.8 Å². The van der Waals surface area contributed by atoms with Gasteiger partial charge in [-0.2, -0.15) is 0 Å². The van der Waals surface area contributed by atoms with Crippen molar-refractivity contribution in [2.24, 2.45) is 92.7 Å². The Morgan fingerprint density at radius 3 is 2.36 bits per heavy atom. The quantitative estimate of drug-likeness (QED) is 0.0739. The van der Waals surface area contributed by atoms with Gasteiger partial charge in [-0.1, -0.05) is 112 Å². The Kier molecular flexibility index (Phi) is 13.6. The summed E-state index contributed by atoms with van der Waals surface area (Å²) in [5.41, 5.74) is 0.501. The SMILES string of the molecule is CN[C@@H]1Cc2c(cccc2CO)C#C[C@@]23C[C@H]4CCc5c(cccc5C5(CCCC5)c5cccc(c5)CC[C@@H]5CC[C@]6(C5)C[C@]5(C=O)[C@H]7CC[C@]8(C2)[C@H]2C9=CC(=O)O[C@@H]9[C@@H]1C[C@@H]2C[C@]8(O)[C@@]7(O)[C@@H](O)[C@H]1C[C@H]([C@@H](C)C2CCCC2)CC[C@@H]([C@H]6O)[C@@]15O)C[C@H]4C3. The van der Waals surface area contributed by atoms with Gasteiger partial charge in [0, 0.05) is 57.6 Å². The third-order valence-electron chi connectivity index (χ3n) is 30.6. The fourth-order valence-electron chi connectivity index (χ4n) is 27.0. The number of aliphatic hydroxyl groups excluding tert-OH is 3. The van der Waals surface area contributed by atoms with Crippen LogP contribution < -0.4 is 5.32 Å². The number of aldehydes is 1. The van der Waals surface area contributed by atoms with Gasteiger partial charge in [0.05, 0.1) is 29.8 Å². The molecule has 0 amide bonds. The first kappa shape index (κ1) is 58.6. The minimum atomic E-state index is -2.28. The number of rotatable bonds is 5. The standard InChI is InChI=1S/C79H99NO9/c1-46(49-11-3-4-12-49)51-21-23-63-70(84)73-30-24-48(38-73)19-18-47-10-7-16-57(32-47)74(27-5-6-28-74)62-17-9-14-52-33-55-40-72(39-53(55)20-22-58(52)62)29-25-50-13-8-15-54(42-81)59(50)36-65(80-2)60-34-56-41-77(86)75(43-72,68(56)61-37-67(83)89-69(60)61)31-26-66-76(44-73,45-82)78(63,87)64(35-51)71(85)79(66,77)88/h7-10,13-17,32,37,45-46,48-49,51,53,55-56,60,63-66,68-71,80-81,84-88H,3-6,11-12,18-24,26-28,30-31,33-36,38-44H2,1-2H3/t46-,48+,51+,53+,55-,56+,60+,63-,64+,65+,66+,68+,69+,70+,71-,72-,73-,75-,76-,77+,78+,79-/m0/s1. The Labute approximate surface area is 528 Å². The number of hydrogen-bond donors (Lipinski definition) is 7. The van der Waals surface area contributed by atoms with Crippen LogP contribution in [0.2, 0.25) is 0 Å². The molecule has 10 saturated carbocycles. The highest BCUT2D eigenvalue weighted by molar-refractivity contribution is 5.86. The molecule has 474 valence electrons. The molecule has 22 atom stereocenters. The van der Waals surface area contributed by atoms with Crippen LogP contribution >= 0.6 is 0 Å². The summed E-state index contributed by atoms with van der Waals surface area (Å²) in [4.78, 5) is 30.1. The zero-order chi connectivity index (χ0) is 60.8. The highest BCUT2D eigenvalue weighted by Crippen LogP contribution is 2.80. The molecule has 0 saturated heterocycles. The van der Waals surface area contributed by atoms with Gasteiger partial charge in [0.1, 0.15) is 23.6 Å². The second-order valence-corrected chi connectivity index (χ2v) is 33.5. The fourth-order valence-corrected chi connectivity index (χ4v) is 27.0. The molecule has 16 aliphatic carbocycles. The first-order chi connectivity index (χ1) is 43.0. The second kappa shape index (κ2) is 20.7. The number of carbonyl (C=O) groups is 2. The highest BCUT2D eigenvalue weighted by atomic mass is 16.5. The van der Waals surface area contributed by atoms with Gasteiger partial charge in [0.25, 0.3) is 0 Å². The molecule has 7 N–H and O–H groups in total. The van der Waals surface area contributed by atoms with Crippen molar-refractivity contribution in [3.05, 3.63) is 117 Å². The minimum Gasteiger partial charge on any atom is -0.454 e. The van der Waals surface area contributed by atoms with Crippen molar-refractivity contribution in [2.75, 3.05) is 7.05 Å². The van der Waals surface area contributed by atoms with Crippen molar-refractivity contribution in [1.82, 2.24) is 5.32 Å². The lowest BCUT2D eigenvalue weighted by Crippen LogP contribution is -2.86. The molecule has 3 aromatic rings. The number of aryl methyl sites for hydroxylation is 1. The van der Waals surface area contributed by atoms with Gasteiger partial charge in [-0.15, -0.1) is 0 Å². The van der Waals surface area contributed by atoms with Gasteiger partial charge < -0.3 is 45.5 Å². The third kappa shape index (κ3) is 7.88. The highest BCUT2D eigenvalue weighted by Gasteiger charge is 2.87. The van der Waals surface area contributed by atoms with Crippen molar-refractivity contribution < 1.29 is 45.0 Å². The predicted octanol–water partition coefficient (Wildman–Crippen LogP) is 11.1. The Bertz CT molecular complexity index is 3460. The van der Waals surface area contributed by atoms with Gasteiger partial charge in [-0.3, -0.25) is 0 Å². The Hall–Kier alpha value is -4.18. The molecule has 20 rings (SSSR count). The van der Waals surface area contributed by atoms with Gasteiger partial charge in [-0.25, -0.2) is 4.79 Å². The van der Waals surface area contributed by atoms with Gasteiger partial charge >= 0.3 is 5.97 Å². The minimum absolute atomic E-state index is 0.0636. The number of likely N-dealkylation sites (N-methyl/N-ethyl adjacent to an activating group) is 1. The molecular weight excluding hydrogens is 1110 g/mol. The van der Waals surface area contributed by atoms with Gasteiger partial charge in [0.15, 0.2) is 0 Å². The van der Waals surface area contributed by atoms with Crippen LogP contribution in [-0.2, 0) is 52.0 Å². The van der Waals surface area contributed by atoms with Crippen molar-refractivity contribution >= 4 is 12.3 Å². The number of fused-ring (bicyclic) bond motifs is 1. The molecule has 17 aliphatic rings. The predicted molar refractivity (Wildman–Crippen MR) is 340 cm³/mol. The van der Waals surface area contributed by atoms with Gasteiger partial charge in [0.2, 0.25) is 0 Å². The van der Waals surface area contributed by atoms with E-state index in [4.69, 9.17) is 4.74 Å². The molecule has 1 heterocycles. The number of hydrogen-bond acceptors (Lipinski definition) is 10. The smallest absolute Gasteiger partial charge is 0.331 e. The number of esters is 1. The van der Waals surface area contributed by atoms with Crippen LogP contribution in [0.1, 0.15) is 206 Å². The van der Waals surface area contributed by atoms with E-state index in [2.05, 4.69) is 72.6 Å². The summed E-state index contributed by atoms with van der Waals surface area (Å²) < 4.78 is 6.62. The van der Waals surface area contributed by atoms with E-state index in [1.807, 2.05) is 19.2 Å². The molecule has 0 radical (unpaired) electrons. The summed E-state index contributed by atoms with van der Waals surface area (Å²) in [6.45, 7) is 2.23. The van der Waals surface area contributed by atoms with Gasteiger partial charge in [-0.05, 0) is 252 Å². The fraction of sp³-hybridized carbons (Fsp3) is 0.696. The van der Waals surface area contributed by atoms with Crippen LogP contribution in [0.4, 0.5) is 0 Å². The van der Waals surface area contributed by atoms with Crippen LogP contribution in [0.3, 0.4) is 0 Å². The normalized spacial score (nSPS) is 46.5. The molecular formula is C79H99NO9. The molecule has 0 unspecified atom stereocenters. The summed E-state index contributed by atoms with van der Waals surface area (Å²) in [5, 5.41) is 88.7. The van der Waals surface area contributed by atoms with Crippen molar-refractivity contribution in [3.63, 3.8) is 0 Å². The van der Waals surface area contributed by atoms with Crippen LogP contribution in [0.25, 0.3) is 0 Å². The van der Waals surface area contributed by atoms with Crippen LogP contribution in [0.5, 0.6) is 0 Å². The zero-order valence-electron chi connectivity index (χ0n) is 53.1. The molecule has 0 aromatic heterocycles. The third-order valence-corrected chi connectivity index (χ3v) is 30.6. The number of aliphatic hydroxyl groups is 6. The van der Waals surface area contributed by atoms with E-state index < -0.39 is 80.4 Å². The molecule has 10 nitrogen and oxygen atoms in total. The summed E-state index contributed by atoms with van der Waals surface area (Å²) in [6, 6.07) is 22.7. The van der Waals surface area contributed by atoms with E-state index in [0.29, 0.717) is 56.8 Å². The summed E-state index contributed by atoms with van der Waals surface area (Å²) in [6.07, 6.45) is 21.9. The number of carbonyl (C=O) groups excluding carboxylic acids is 2. The van der Waals surface area contributed by atoms with E-state index in [1.54, 1.807) is 6.08 Å². The maximum Gasteiger partial charge on any atom is 0.331 e. The lowest BCUT2D eigenvalue weighted by Gasteiger charge is -2.75. The molecule has 10 fully saturated rings. The summed E-state index contributed by atoms with van der Waals surface area (Å²) >= 11 is 0. The summed E-state index contributed by atoms with van der Waals surface area (Å²) in [7, 11) is 1.97. The number of benzene rings is 3. The van der Waals surface area contributed by atoms with Crippen molar-refractivity contribution in [2.45, 2.75) is 240 Å². The zero-order valence-corrected chi connectivity index (χ0v) is 53.1. The topological polar surface area (TPSA) is 177 Å². The summed E-state index contributed by atoms with van der Waals surface area (Å²) in [5.74, 6) is 5.73. The molecule has 17 bridgehead atoms. The number of nitrogens with one attached hydrogen (secondary N) is 1. The Morgan fingerprint density at radius 2 is 1.55 bits per heavy atom. The maximum atomic E-state index is 15.7. The first-order valence-corrected chi connectivity index (χ1v) is 36.0. The Morgan fingerprint density at radius 1 is 0.742 bits per heavy atom. The van der Waals surface area contributed by atoms with Crippen LogP contribution in [0.15, 0.2) is 72.3 Å². The largest absolute Gasteiger partial charge is 0.454 e. The Balaban J connectivity index is 0.907. The van der Waals surface area contributed by atoms with E-state index in [1.165, 1.54) is 53.5 Å². The van der Waals surface area contributed by atoms with Crippen LogP contribution in [-0.4, -0.2) is 91.1 Å². The molecule has 89 heavy (non-hydrogen) atoms. The van der Waals surface area contributed by atoms with Crippen LogP contribution in [0, 0.1) is 105 Å². The van der Waals surface area contributed by atoms with E-state index in [-0.39, 0.29) is 78.8 Å². The average Bonchev–Trinajstić information content (AvgIpc) is 1.63. The van der Waals surface area contributed by atoms with E-state index in [0.717, 1.165) is 118 Å². The second-order valence-electron chi connectivity index (χ2n) is 33.5. The molecule has 3 aromatic carbocycles. The lowest BCUT2D eigenvalue weighted by atomic mass is 9.32.